The molecule has 0 aromatic carbocycles. The lowest BCUT2D eigenvalue weighted by Gasteiger charge is -2.15. The molecule has 1 aromatic rings. The van der Waals surface area contributed by atoms with Gasteiger partial charge in [0.1, 0.15) is 5.82 Å². The highest BCUT2D eigenvalue weighted by atomic mass is 35.5. The Bertz CT molecular complexity index is 392. The maximum Gasteiger partial charge on any atom is 0.144 e. The van der Waals surface area contributed by atoms with Crippen molar-refractivity contribution in [2.75, 3.05) is 25.0 Å². The Morgan fingerprint density at radius 2 is 2.29 bits per heavy atom. The number of pyridine rings is 1. The second kappa shape index (κ2) is 4.83. The van der Waals surface area contributed by atoms with Crippen molar-refractivity contribution in [2.24, 2.45) is 5.92 Å². The fourth-order valence-electron chi connectivity index (χ4n) is 2.56. The lowest BCUT2D eigenvalue weighted by molar-refractivity contribution is 0.316. The third kappa shape index (κ3) is 2.72. The minimum absolute atomic E-state index is 0.713. The third-order valence-electron chi connectivity index (χ3n) is 3.70. The van der Waals surface area contributed by atoms with Crippen molar-refractivity contribution >= 4 is 17.4 Å². The van der Waals surface area contributed by atoms with E-state index in [-0.39, 0.29) is 0 Å². The van der Waals surface area contributed by atoms with Gasteiger partial charge in [0, 0.05) is 25.3 Å². The number of nitrogens with zero attached hydrogens (tertiary/aromatic N) is 2. The minimum Gasteiger partial charge on any atom is -0.369 e. The molecule has 0 spiro atoms. The molecule has 1 atom stereocenters. The van der Waals surface area contributed by atoms with Gasteiger partial charge in [-0.05, 0) is 43.9 Å². The normalized spacial score (nSPS) is 25.1. The van der Waals surface area contributed by atoms with Crippen LogP contribution in [0, 0.1) is 5.92 Å². The van der Waals surface area contributed by atoms with Crippen LogP contribution in [0.1, 0.15) is 19.3 Å². The van der Waals surface area contributed by atoms with E-state index >= 15 is 0 Å². The molecule has 2 aliphatic rings. The maximum atomic E-state index is 6.06. The van der Waals surface area contributed by atoms with E-state index < -0.39 is 0 Å². The fourth-order valence-corrected chi connectivity index (χ4v) is 2.75. The lowest BCUT2D eigenvalue weighted by Crippen LogP contribution is -2.25. The summed E-state index contributed by atoms with van der Waals surface area (Å²) in [6, 6.07) is 4.64. The number of hydrogen-bond donors (Lipinski definition) is 1. The number of anilines is 1. The van der Waals surface area contributed by atoms with Gasteiger partial charge in [-0.1, -0.05) is 11.6 Å². The van der Waals surface area contributed by atoms with Gasteiger partial charge in [0.2, 0.25) is 0 Å². The molecule has 1 unspecified atom stereocenters. The maximum absolute atomic E-state index is 6.06. The molecule has 2 fully saturated rings. The first-order valence-electron chi connectivity index (χ1n) is 6.41. The molecular weight excluding hydrogens is 234 g/mol. The van der Waals surface area contributed by atoms with E-state index in [0.717, 1.165) is 24.3 Å². The number of rotatable bonds is 4. The summed E-state index contributed by atoms with van der Waals surface area (Å²) in [7, 11) is 0. The van der Waals surface area contributed by atoms with E-state index in [1.807, 2.05) is 12.1 Å². The van der Waals surface area contributed by atoms with Crippen LogP contribution in [-0.4, -0.2) is 35.6 Å². The minimum atomic E-state index is 0.713. The van der Waals surface area contributed by atoms with Crippen molar-refractivity contribution in [1.29, 1.82) is 0 Å². The molecule has 3 nitrogen and oxygen atoms in total. The van der Waals surface area contributed by atoms with Gasteiger partial charge in [0.25, 0.3) is 0 Å². The summed E-state index contributed by atoms with van der Waals surface area (Å²) in [5, 5.41) is 4.08. The average molecular weight is 252 g/mol. The molecular formula is C13H18ClN3. The zero-order valence-corrected chi connectivity index (χ0v) is 10.7. The monoisotopic (exact) mass is 251 g/mol. The second-order valence-corrected chi connectivity index (χ2v) is 5.50. The van der Waals surface area contributed by atoms with Gasteiger partial charge in [-0.3, -0.25) is 0 Å². The first-order valence-corrected chi connectivity index (χ1v) is 6.79. The standard InChI is InChI=1S/C13H18ClN3/c14-12-2-1-6-15-13(12)16-8-10-5-7-17(9-10)11-3-4-11/h1-2,6,10-11H,3-5,7-9H2,(H,15,16). The van der Waals surface area contributed by atoms with Crippen molar-refractivity contribution in [3.05, 3.63) is 23.4 Å². The summed E-state index contributed by atoms with van der Waals surface area (Å²) in [4.78, 5) is 6.88. The molecule has 2 heterocycles. The van der Waals surface area contributed by atoms with Crippen LogP contribution in [-0.2, 0) is 0 Å². The van der Waals surface area contributed by atoms with E-state index in [0.29, 0.717) is 5.02 Å². The Morgan fingerprint density at radius 1 is 1.41 bits per heavy atom. The Balaban J connectivity index is 1.50. The van der Waals surface area contributed by atoms with Gasteiger partial charge in [-0.25, -0.2) is 4.98 Å². The Morgan fingerprint density at radius 3 is 3.06 bits per heavy atom. The average Bonchev–Trinajstić information content (AvgIpc) is 3.08. The van der Waals surface area contributed by atoms with Crippen LogP contribution >= 0.6 is 11.6 Å². The van der Waals surface area contributed by atoms with Crippen LogP contribution in [0.4, 0.5) is 5.82 Å². The summed E-state index contributed by atoms with van der Waals surface area (Å²) in [6.45, 7) is 3.50. The molecule has 1 saturated heterocycles. The zero-order chi connectivity index (χ0) is 11.7. The highest BCUT2D eigenvalue weighted by Gasteiger charge is 2.34. The second-order valence-electron chi connectivity index (χ2n) is 5.10. The summed E-state index contributed by atoms with van der Waals surface area (Å²) in [5.74, 6) is 1.56. The van der Waals surface area contributed by atoms with Gasteiger partial charge in [0.15, 0.2) is 0 Å². The molecule has 1 aliphatic heterocycles. The van der Waals surface area contributed by atoms with Crippen molar-refractivity contribution in [2.45, 2.75) is 25.3 Å². The Hall–Kier alpha value is -0.800. The molecule has 92 valence electrons. The molecule has 0 radical (unpaired) electrons. The molecule has 0 amide bonds. The molecule has 17 heavy (non-hydrogen) atoms. The van der Waals surface area contributed by atoms with Crippen LogP contribution in [0.3, 0.4) is 0 Å². The predicted octanol–water partition coefficient (Wildman–Crippen LogP) is 2.63. The lowest BCUT2D eigenvalue weighted by atomic mass is 10.1. The predicted molar refractivity (Wildman–Crippen MR) is 70.4 cm³/mol. The topological polar surface area (TPSA) is 28.2 Å². The van der Waals surface area contributed by atoms with E-state index in [1.165, 1.54) is 32.4 Å². The van der Waals surface area contributed by atoms with E-state index in [9.17, 15) is 0 Å². The van der Waals surface area contributed by atoms with Gasteiger partial charge in [0.05, 0.1) is 5.02 Å². The highest BCUT2D eigenvalue weighted by Crippen LogP contribution is 2.31. The number of nitrogens with one attached hydrogen (secondary N) is 1. The Kier molecular flexibility index (Phi) is 3.21. The number of aromatic nitrogens is 1. The van der Waals surface area contributed by atoms with Crippen LogP contribution in [0.15, 0.2) is 18.3 Å². The molecule has 1 aliphatic carbocycles. The van der Waals surface area contributed by atoms with Crippen molar-refractivity contribution in [1.82, 2.24) is 9.88 Å². The first kappa shape index (κ1) is 11.3. The van der Waals surface area contributed by atoms with E-state index in [1.54, 1.807) is 6.20 Å². The molecule has 1 saturated carbocycles. The van der Waals surface area contributed by atoms with Crippen LogP contribution in [0.2, 0.25) is 5.02 Å². The first-order chi connectivity index (χ1) is 8.33. The SMILES string of the molecule is Clc1cccnc1NCC1CCN(C2CC2)C1. The number of halogens is 1. The molecule has 1 aromatic heterocycles. The summed E-state index contributed by atoms with van der Waals surface area (Å²) >= 11 is 6.06. The molecule has 0 bridgehead atoms. The van der Waals surface area contributed by atoms with Gasteiger partial charge < -0.3 is 10.2 Å². The Labute approximate surface area is 107 Å². The molecule has 1 N–H and O–H groups in total. The van der Waals surface area contributed by atoms with Crippen LogP contribution in [0.25, 0.3) is 0 Å². The van der Waals surface area contributed by atoms with Crippen molar-refractivity contribution < 1.29 is 0 Å². The molecule has 4 heteroatoms. The quantitative estimate of drug-likeness (QED) is 0.892. The van der Waals surface area contributed by atoms with Crippen LogP contribution in [0.5, 0.6) is 0 Å². The van der Waals surface area contributed by atoms with Crippen molar-refractivity contribution in [3.8, 4) is 0 Å². The number of likely N-dealkylation sites (tertiary alicyclic amines) is 1. The largest absolute Gasteiger partial charge is 0.369 e. The molecule has 3 rings (SSSR count). The van der Waals surface area contributed by atoms with Crippen LogP contribution < -0.4 is 5.32 Å². The van der Waals surface area contributed by atoms with E-state index in [4.69, 9.17) is 11.6 Å². The van der Waals surface area contributed by atoms with Gasteiger partial charge in [-0.2, -0.15) is 0 Å². The zero-order valence-electron chi connectivity index (χ0n) is 9.90. The van der Waals surface area contributed by atoms with Crippen molar-refractivity contribution in [3.63, 3.8) is 0 Å². The smallest absolute Gasteiger partial charge is 0.144 e. The summed E-state index contributed by atoms with van der Waals surface area (Å²) in [6.07, 6.45) is 5.89. The highest BCUT2D eigenvalue weighted by molar-refractivity contribution is 6.32. The number of hydrogen-bond acceptors (Lipinski definition) is 3. The summed E-state index contributed by atoms with van der Waals surface area (Å²) < 4.78 is 0. The van der Waals surface area contributed by atoms with E-state index in [2.05, 4.69) is 15.2 Å². The fraction of sp³-hybridized carbons (Fsp3) is 0.615. The van der Waals surface area contributed by atoms with Gasteiger partial charge >= 0.3 is 0 Å². The summed E-state index contributed by atoms with van der Waals surface area (Å²) in [5.41, 5.74) is 0. The third-order valence-corrected chi connectivity index (χ3v) is 4.00. The van der Waals surface area contributed by atoms with Gasteiger partial charge in [-0.15, -0.1) is 0 Å².